The molecule has 2 N–H and O–H groups in total. The van der Waals surface area contributed by atoms with Crippen molar-refractivity contribution < 1.29 is 23.9 Å². The average Bonchev–Trinajstić information content (AvgIpc) is 3.85. The third-order valence-electron chi connectivity index (χ3n) is 11.0. The van der Waals surface area contributed by atoms with Crippen LogP contribution in [0, 0.1) is 0 Å². The smallest absolute Gasteiger partial charge is 0.410 e. The molecule has 0 spiro atoms. The van der Waals surface area contributed by atoms with Crippen LogP contribution in [0.5, 0.6) is 0 Å². The Labute approximate surface area is 341 Å². The van der Waals surface area contributed by atoms with Gasteiger partial charge in [0.1, 0.15) is 29.4 Å². The number of azide groups is 1. The Hall–Kier alpha value is -5.43. The van der Waals surface area contributed by atoms with Crippen LogP contribution in [0.4, 0.5) is 4.79 Å². The third kappa shape index (κ3) is 12.3. The average molecular weight is 797 g/mol. The minimum Gasteiger partial charge on any atom is -0.444 e. The minimum atomic E-state index is -0.876. The Bertz CT molecular complexity index is 1870. The lowest BCUT2D eigenvalue weighted by Gasteiger charge is -2.36. The van der Waals surface area contributed by atoms with E-state index in [0.29, 0.717) is 38.0 Å². The van der Waals surface area contributed by atoms with E-state index in [0.717, 1.165) is 63.4 Å². The predicted octanol–water partition coefficient (Wildman–Crippen LogP) is 6.81. The Morgan fingerprint density at radius 1 is 0.966 bits per heavy atom. The van der Waals surface area contributed by atoms with E-state index in [9.17, 15) is 19.2 Å². The fraction of sp³-hybridized carbons (Fsp3) is 0.581. The van der Waals surface area contributed by atoms with Crippen LogP contribution in [-0.2, 0) is 38.5 Å². The summed E-state index contributed by atoms with van der Waals surface area (Å²) in [6.45, 7) is 8.09. The molecule has 2 aliphatic rings. The number of carbonyl (C=O) groups is 4. The highest BCUT2D eigenvalue weighted by molar-refractivity contribution is 5.94. The first-order chi connectivity index (χ1) is 27.8. The van der Waals surface area contributed by atoms with Gasteiger partial charge < -0.3 is 20.3 Å². The van der Waals surface area contributed by atoms with Crippen LogP contribution in [0.15, 0.2) is 65.9 Å². The topological polar surface area (TPSA) is 188 Å². The molecule has 0 aliphatic carbocycles. The van der Waals surface area contributed by atoms with E-state index >= 15 is 0 Å². The first-order valence-electron chi connectivity index (χ1n) is 20.8. The van der Waals surface area contributed by atoms with E-state index < -0.39 is 41.8 Å². The van der Waals surface area contributed by atoms with Crippen LogP contribution in [0.1, 0.15) is 120 Å². The summed E-state index contributed by atoms with van der Waals surface area (Å²) in [5, 5.41) is 18.6. The molecule has 5 rings (SSSR count). The van der Waals surface area contributed by atoms with Crippen molar-refractivity contribution in [1.82, 2.24) is 35.4 Å². The summed E-state index contributed by atoms with van der Waals surface area (Å²) in [4.78, 5) is 60.3. The quantitative estimate of drug-likeness (QED) is 0.0650. The van der Waals surface area contributed by atoms with Gasteiger partial charge in [0.15, 0.2) is 0 Å². The van der Waals surface area contributed by atoms with Crippen molar-refractivity contribution in [2.45, 2.75) is 147 Å². The number of unbranched alkanes of at least 4 members (excludes halogenated alkanes) is 2. The third-order valence-corrected chi connectivity index (χ3v) is 11.0. The van der Waals surface area contributed by atoms with E-state index in [1.54, 1.807) is 32.6 Å². The van der Waals surface area contributed by atoms with Gasteiger partial charge in [-0.3, -0.25) is 24.0 Å². The lowest BCUT2D eigenvalue weighted by atomic mass is 9.98. The first-order valence-corrected chi connectivity index (χ1v) is 20.8. The van der Waals surface area contributed by atoms with Gasteiger partial charge >= 0.3 is 6.09 Å². The number of likely N-dealkylation sites (N-methyl/N-ethyl adjacent to an activating group) is 1. The van der Waals surface area contributed by atoms with E-state index in [4.69, 9.17) is 10.3 Å². The molecular formula is C43H60N10O5. The van der Waals surface area contributed by atoms with E-state index in [1.165, 1.54) is 23.1 Å². The number of rotatable bonds is 17. The lowest BCUT2D eigenvalue weighted by molar-refractivity contribution is -0.144. The van der Waals surface area contributed by atoms with Crippen molar-refractivity contribution in [2.75, 3.05) is 13.6 Å². The molecule has 0 saturated carbocycles. The van der Waals surface area contributed by atoms with Crippen LogP contribution >= 0.6 is 0 Å². The summed E-state index contributed by atoms with van der Waals surface area (Å²) < 4.78 is 7.26. The highest BCUT2D eigenvalue weighted by Gasteiger charge is 2.45. The van der Waals surface area contributed by atoms with Crippen LogP contribution in [-0.4, -0.2) is 92.0 Å². The van der Waals surface area contributed by atoms with Gasteiger partial charge in [0.2, 0.25) is 17.7 Å². The standard InChI is InChI=1S/C43H60N10O5/c1-30(51(5)42(57)58-43(2,3)4)39(54)46-35-20-10-9-19-34-25-26-37(53(34)41(35)56)40(55)47-38(33-17-7-6-8-18-33)36-29-52(50-48-36)28-14-12-16-32-23-21-31(22-24-32)15-11-13-27-45-49-44/h6-8,17-18,21-24,29-30,34-35,37-38H,9-16,19-20,25-28H2,1-5H3,(H,46,54)(H,47,55)/t30-,34-,35-,37-,38-/m0/s1. The number of ether oxygens (including phenoxy) is 1. The van der Waals surface area contributed by atoms with Crippen LogP contribution in [0.25, 0.3) is 10.4 Å². The normalized spacial score (nSPS) is 19.2. The van der Waals surface area contributed by atoms with Crippen molar-refractivity contribution >= 4 is 23.8 Å². The largest absolute Gasteiger partial charge is 0.444 e. The maximum absolute atomic E-state index is 14.3. The number of benzene rings is 2. The Morgan fingerprint density at radius 2 is 1.64 bits per heavy atom. The van der Waals surface area contributed by atoms with Crippen molar-refractivity contribution in [3.63, 3.8) is 0 Å². The number of hydrogen-bond acceptors (Lipinski definition) is 8. The second kappa shape index (κ2) is 20.8. The van der Waals surface area contributed by atoms with Gasteiger partial charge in [-0.2, -0.15) is 0 Å². The summed E-state index contributed by atoms with van der Waals surface area (Å²) >= 11 is 0. The Morgan fingerprint density at radius 3 is 2.31 bits per heavy atom. The number of aryl methyl sites for hydroxylation is 3. The second-order valence-corrected chi connectivity index (χ2v) is 16.5. The number of hydrogen-bond donors (Lipinski definition) is 2. The van der Waals surface area contributed by atoms with Crippen molar-refractivity contribution in [3.8, 4) is 0 Å². The molecule has 2 saturated heterocycles. The molecule has 2 aliphatic heterocycles. The lowest BCUT2D eigenvalue weighted by Crippen LogP contribution is -2.58. The number of nitrogens with zero attached hydrogens (tertiary/aromatic N) is 8. The van der Waals surface area contributed by atoms with Crippen LogP contribution in [0.2, 0.25) is 0 Å². The maximum atomic E-state index is 14.3. The monoisotopic (exact) mass is 796 g/mol. The maximum Gasteiger partial charge on any atom is 0.410 e. The number of aromatic nitrogens is 3. The summed E-state index contributed by atoms with van der Waals surface area (Å²) in [5.41, 5.74) is 11.7. The van der Waals surface area contributed by atoms with E-state index in [2.05, 4.69) is 55.2 Å². The van der Waals surface area contributed by atoms with Crippen molar-refractivity contribution in [1.29, 1.82) is 0 Å². The fourth-order valence-electron chi connectivity index (χ4n) is 7.68. The Balaban J connectivity index is 1.20. The molecule has 15 nitrogen and oxygen atoms in total. The SMILES string of the molecule is C[C@@H](C(=O)N[C@H]1CCCC[C@H]2CC[C@@H](C(=O)N[C@@H](c3ccccc3)c3cn(CCCCc4ccc(CCCCN=[N+]=[N-])cc4)nn3)N2C1=O)N(C)C(=O)OC(C)(C)C. The van der Waals surface area contributed by atoms with Gasteiger partial charge in [-0.1, -0.05) is 77.8 Å². The molecule has 1 aromatic heterocycles. The van der Waals surface area contributed by atoms with Crippen molar-refractivity contribution in [2.24, 2.45) is 5.11 Å². The first kappa shape index (κ1) is 43.7. The van der Waals surface area contributed by atoms with Gasteiger partial charge in [-0.25, -0.2) is 4.79 Å². The van der Waals surface area contributed by atoms with Crippen LogP contribution < -0.4 is 10.6 Å². The number of nitrogens with one attached hydrogen (secondary N) is 2. The van der Waals surface area contributed by atoms with E-state index in [-0.39, 0.29) is 17.9 Å². The minimum absolute atomic E-state index is 0.111. The van der Waals surface area contributed by atoms with E-state index in [1.807, 2.05) is 41.2 Å². The summed E-state index contributed by atoms with van der Waals surface area (Å²) in [6, 6.07) is 15.2. The Kier molecular flexibility index (Phi) is 15.7. The fourth-order valence-corrected chi connectivity index (χ4v) is 7.68. The molecule has 15 heteroatoms. The van der Waals surface area contributed by atoms with Crippen LogP contribution in [0.3, 0.4) is 0 Å². The molecule has 0 unspecified atom stereocenters. The second-order valence-electron chi connectivity index (χ2n) is 16.5. The molecule has 0 bridgehead atoms. The van der Waals surface area contributed by atoms with Gasteiger partial charge in [0.25, 0.3) is 0 Å². The number of carbonyl (C=O) groups excluding carboxylic acids is 4. The molecule has 5 atom stereocenters. The zero-order valence-corrected chi connectivity index (χ0v) is 34.7. The van der Waals surface area contributed by atoms with Gasteiger partial charge in [0, 0.05) is 31.1 Å². The molecule has 0 radical (unpaired) electrons. The molecule has 3 aromatic rings. The molecule has 58 heavy (non-hydrogen) atoms. The summed E-state index contributed by atoms with van der Waals surface area (Å²) in [6.07, 6.45) is 11.0. The summed E-state index contributed by atoms with van der Waals surface area (Å²) in [7, 11) is 1.50. The van der Waals surface area contributed by atoms with Crippen molar-refractivity contribution in [3.05, 3.63) is 93.6 Å². The predicted molar refractivity (Wildman–Crippen MR) is 220 cm³/mol. The molecule has 3 heterocycles. The highest BCUT2D eigenvalue weighted by Crippen LogP contribution is 2.32. The molecule has 2 aromatic carbocycles. The molecular weight excluding hydrogens is 737 g/mol. The molecule has 312 valence electrons. The number of fused-ring (bicyclic) bond motifs is 1. The summed E-state index contributed by atoms with van der Waals surface area (Å²) in [5.74, 6) is -1.01. The highest BCUT2D eigenvalue weighted by atomic mass is 16.6. The zero-order valence-electron chi connectivity index (χ0n) is 34.7. The molecule has 2 fully saturated rings. The van der Waals surface area contributed by atoms with Gasteiger partial charge in [-0.05, 0) is 114 Å². The zero-order chi connectivity index (χ0) is 41.7. The molecule has 4 amide bonds. The van der Waals surface area contributed by atoms with Gasteiger partial charge in [-0.15, -0.1) is 5.10 Å². The van der Waals surface area contributed by atoms with Gasteiger partial charge in [0.05, 0.1) is 12.2 Å². The number of amides is 4.